The number of nitrogens with zero attached hydrogens (tertiary/aromatic N) is 1. The van der Waals surface area contributed by atoms with Gasteiger partial charge in [0.15, 0.2) is 0 Å². The Morgan fingerprint density at radius 3 is 2.83 bits per heavy atom. The van der Waals surface area contributed by atoms with Gasteiger partial charge in [0.25, 0.3) is 0 Å². The Hall–Kier alpha value is -1.88. The number of halogens is 2. The Bertz CT molecular complexity index is 856. The molecule has 0 bridgehead atoms. The van der Waals surface area contributed by atoms with Gasteiger partial charge < -0.3 is 4.74 Å². The van der Waals surface area contributed by atoms with E-state index < -0.39 is 5.97 Å². The Balaban J connectivity index is 1.61. The Kier molecular flexibility index (Phi) is 4.96. The van der Waals surface area contributed by atoms with Crippen molar-refractivity contribution in [1.29, 1.82) is 0 Å². The molecule has 0 fully saturated rings. The largest absolute Gasteiger partial charge is 0.455 e. The number of hydrogen-bond acceptors (Lipinski definition) is 4. The molecule has 0 saturated heterocycles. The van der Waals surface area contributed by atoms with Gasteiger partial charge in [0, 0.05) is 16.1 Å². The van der Waals surface area contributed by atoms with Crippen LogP contribution in [0.2, 0.25) is 10.0 Å². The number of benzene rings is 2. The molecule has 0 aliphatic carbocycles. The second kappa shape index (κ2) is 7.13. The highest BCUT2D eigenvalue weighted by Crippen LogP contribution is 2.23. The van der Waals surface area contributed by atoms with Crippen LogP contribution in [0.5, 0.6) is 0 Å². The molecule has 23 heavy (non-hydrogen) atoms. The number of esters is 1. The van der Waals surface area contributed by atoms with E-state index in [2.05, 4.69) is 4.98 Å². The normalized spacial score (nSPS) is 11.2. The number of ether oxygens (including phenoxy) is 1. The molecular formula is C17H11Cl2NO2S. The first-order valence-electron chi connectivity index (χ1n) is 6.76. The molecule has 0 spiro atoms. The lowest BCUT2D eigenvalue weighted by Gasteiger charge is -2.00. The minimum absolute atomic E-state index is 0.150. The first-order chi connectivity index (χ1) is 11.1. The van der Waals surface area contributed by atoms with Crippen molar-refractivity contribution < 1.29 is 9.53 Å². The second-order valence-electron chi connectivity index (χ2n) is 4.68. The average Bonchev–Trinajstić information content (AvgIpc) is 2.95. The van der Waals surface area contributed by atoms with Gasteiger partial charge in [0.1, 0.15) is 11.6 Å². The zero-order chi connectivity index (χ0) is 16.2. The fourth-order valence-corrected chi connectivity index (χ4v) is 3.31. The number of hydrogen-bond donors (Lipinski definition) is 0. The van der Waals surface area contributed by atoms with Gasteiger partial charge in [-0.1, -0.05) is 41.4 Å². The first kappa shape index (κ1) is 16.0. The molecule has 116 valence electrons. The number of carbonyl (C=O) groups is 1. The van der Waals surface area contributed by atoms with Crippen LogP contribution < -0.4 is 0 Å². The Morgan fingerprint density at radius 1 is 1.22 bits per heavy atom. The van der Waals surface area contributed by atoms with Gasteiger partial charge in [-0.3, -0.25) is 0 Å². The standard InChI is InChI=1S/C17H11Cl2NO2S/c18-12-7-5-11(13(19)9-12)6-8-17(21)22-10-16-20-14-3-1-2-4-15(14)23-16/h1-9H,10H2. The molecule has 0 radical (unpaired) electrons. The highest BCUT2D eigenvalue weighted by atomic mass is 35.5. The monoisotopic (exact) mass is 363 g/mol. The van der Waals surface area contributed by atoms with Crippen molar-refractivity contribution in [3.05, 3.63) is 69.2 Å². The van der Waals surface area contributed by atoms with Gasteiger partial charge >= 0.3 is 5.97 Å². The summed E-state index contributed by atoms with van der Waals surface area (Å²) in [4.78, 5) is 16.2. The maximum atomic E-state index is 11.8. The van der Waals surface area contributed by atoms with Crippen molar-refractivity contribution >= 4 is 56.8 Å². The van der Waals surface area contributed by atoms with Crippen molar-refractivity contribution in [2.45, 2.75) is 6.61 Å². The van der Waals surface area contributed by atoms with Crippen LogP contribution in [0, 0.1) is 0 Å². The van der Waals surface area contributed by atoms with E-state index in [-0.39, 0.29) is 6.61 Å². The van der Waals surface area contributed by atoms with Crippen LogP contribution >= 0.6 is 34.5 Å². The predicted octanol–water partition coefficient (Wildman–Crippen LogP) is 5.36. The summed E-state index contributed by atoms with van der Waals surface area (Å²) in [5, 5.41) is 1.79. The van der Waals surface area contributed by atoms with Crippen LogP contribution in [-0.4, -0.2) is 11.0 Å². The molecule has 0 aliphatic rings. The average molecular weight is 364 g/mol. The van der Waals surface area contributed by atoms with Crippen molar-refractivity contribution in [3.63, 3.8) is 0 Å². The van der Waals surface area contributed by atoms with E-state index in [1.807, 2.05) is 24.3 Å². The zero-order valence-corrected chi connectivity index (χ0v) is 14.2. The van der Waals surface area contributed by atoms with E-state index in [0.29, 0.717) is 15.6 Å². The number of carbonyl (C=O) groups excluding carboxylic acids is 1. The SMILES string of the molecule is O=C(C=Cc1ccc(Cl)cc1Cl)OCc1nc2ccccc2s1. The molecule has 0 atom stereocenters. The molecule has 2 aromatic carbocycles. The molecule has 6 heteroatoms. The number of para-hydroxylation sites is 1. The number of rotatable bonds is 4. The molecule has 3 aromatic rings. The van der Waals surface area contributed by atoms with Crippen LogP contribution in [0.1, 0.15) is 10.6 Å². The Morgan fingerprint density at radius 2 is 2.04 bits per heavy atom. The maximum Gasteiger partial charge on any atom is 0.331 e. The lowest BCUT2D eigenvalue weighted by Crippen LogP contribution is -2.00. The predicted molar refractivity (Wildman–Crippen MR) is 94.9 cm³/mol. The molecule has 1 heterocycles. The molecular weight excluding hydrogens is 353 g/mol. The lowest BCUT2D eigenvalue weighted by atomic mass is 10.2. The molecule has 0 unspecified atom stereocenters. The zero-order valence-electron chi connectivity index (χ0n) is 11.8. The topological polar surface area (TPSA) is 39.2 Å². The number of fused-ring (bicyclic) bond motifs is 1. The van der Waals surface area contributed by atoms with E-state index in [1.165, 1.54) is 17.4 Å². The summed E-state index contributed by atoms with van der Waals surface area (Å²) in [6.45, 7) is 0.150. The smallest absolute Gasteiger partial charge is 0.331 e. The van der Waals surface area contributed by atoms with E-state index >= 15 is 0 Å². The van der Waals surface area contributed by atoms with E-state index in [9.17, 15) is 4.79 Å². The molecule has 1 aromatic heterocycles. The van der Waals surface area contributed by atoms with E-state index in [4.69, 9.17) is 27.9 Å². The highest BCUT2D eigenvalue weighted by molar-refractivity contribution is 7.18. The van der Waals surface area contributed by atoms with Crippen LogP contribution in [0.25, 0.3) is 16.3 Å². The fourth-order valence-electron chi connectivity index (χ4n) is 1.96. The summed E-state index contributed by atoms with van der Waals surface area (Å²) in [7, 11) is 0. The first-order valence-corrected chi connectivity index (χ1v) is 8.33. The van der Waals surface area contributed by atoms with Gasteiger partial charge in [0.2, 0.25) is 0 Å². The van der Waals surface area contributed by atoms with Crippen LogP contribution in [-0.2, 0) is 16.1 Å². The van der Waals surface area contributed by atoms with Crippen molar-refractivity contribution in [2.24, 2.45) is 0 Å². The van der Waals surface area contributed by atoms with Gasteiger partial charge in [0.05, 0.1) is 10.2 Å². The summed E-state index contributed by atoms with van der Waals surface area (Å²) in [6.07, 6.45) is 2.93. The van der Waals surface area contributed by atoms with Crippen molar-refractivity contribution in [1.82, 2.24) is 4.98 Å². The van der Waals surface area contributed by atoms with Gasteiger partial charge in [-0.05, 0) is 35.9 Å². The summed E-state index contributed by atoms with van der Waals surface area (Å²) in [5.41, 5.74) is 1.61. The second-order valence-corrected chi connectivity index (χ2v) is 6.64. The molecule has 0 amide bonds. The molecule has 0 saturated carbocycles. The van der Waals surface area contributed by atoms with E-state index in [0.717, 1.165) is 15.2 Å². The number of aromatic nitrogens is 1. The Labute approximate surface area is 147 Å². The third-order valence-corrected chi connectivity index (χ3v) is 4.61. The van der Waals surface area contributed by atoms with Gasteiger partial charge in [-0.2, -0.15) is 0 Å². The summed E-state index contributed by atoms with van der Waals surface area (Å²) in [5.74, 6) is -0.449. The van der Waals surface area contributed by atoms with Crippen LogP contribution in [0.3, 0.4) is 0 Å². The summed E-state index contributed by atoms with van der Waals surface area (Å²) < 4.78 is 6.27. The maximum absolute atomic E-state index is 11.8. The van der Waals surface area contributed by atoms with Gasteiger partial charge in [-0.25, -0.2) is 9.78 Å². The molecule has 3 rings (SSSR count). The fraction of sp³-hybridized carbons (Fsp3) is 0.0588. The van der Waals surface area contributed by atoms with Crippen LogP contribution in [0.4, 0.5) is 0 Å². The summed E-state index contributed by atoms with van der Waals surface area (Å²) >= 11 is 13.4. The number of thiazole rings is 1. The third-order valence-electron chi connectivity index (χ3n) is 3.04. The van der Waals surface area contributed by atoms with Crippen LogP contribution in [0.15, 0.2) is 48.5 Å². The van der Waals surface area contributed by atoms with Crippen molar-refractivity contribution in [3.8, 4) is 0 Å². The lowest BCUT2D eigenvalue weighted by molar-refractivity contribution is -0.138. The molecule has 0 N–H and O–H groups in total. The highest BCUT2D eigenvalue weighted by Gasteiger charge is 2.06. The van der Waals surface area contributed by atoms with Crippen molar-refractivity contribution in [2.75, 3.05) is 0 Å². The summed E-state index contributed by atoms with van der Waals surface area (Å²) in [6, 6.07) is 12.9. The van der Waals surface area contributed by atoms with Gasteiger partial charge in [-0.15, -0.1) is 11.3 Å². The molecule has 0 aliphatic heterocycles. The minimum Gasteiger partial charge on any atom is -0.455 e. The quantitative estimate of drug-likeness (QED) is 0.462. The van der Waals surface area contributed by atoms with E-state index in [1.54, 1.807) is 24.3 Å². The third kappa shape index (κ3) is 4.10. The molecule has 3 nitrogen and oxygen atoms in total. The minimum atomic E-state index is -0.449.